The first kappa shape index (κ1) is 19.6. The summed E-state index contributed by atoms with van der Waals surface area (Å²) in [6, 6.07) is 12.7. The van der Waals surface area contributed by atoms with Crippen LogP contribution in [0, 0.1) is 25.1 Å². The molecule has 4 heteroatoms. The van der Waals surface area contributed by atoms with Crippen LogP contribution in [-0.2, 0) is 6.42 Å². The summed E-state index contributed by atoms with van der Waals surface area (Å²) in [5, 5.41) is 18.6. The standard InChI is InChI=1S/C25H27FN2O/c1-15-6-5-7-16(2)22(15)21(29)13-25(4)12-19-14-27-28-24(19)23(17(25)3)18-8-10-20(26)11-9-18/h5-11,14,21,29H,12-13H2,1-4H3,(H,27,28). The minimum atomic E-state index is -0.556. The molecule has 0 fully saturated rings. The topological polar surface area (TPSA) is 48.9 Å². The molecule has 1 aliphatic carbocycles. The van der Waals surface area contributed by atoms with E-state index in [0.717, 1.165) is 45.5 Å². The molecule has 4 rings (SSSR count). The minimum Gasteiger partial charge on any atom is -0.388 e. The number of hydrogen-bond acceptors (Lipinski definition) is 2. The number of nitrogens with zero attached hydrogens (tertiary/aromatic N) is 1. The van der Waals surface area contributed by atoms with Gasteiger partial charge in [-0.25, -0.2) is 4.39 Å². The summed E-state index contributed by atoms with van der Waals surface area (Å²) in [4.78, 5) is 0. The molecule has 0 radical (unpaired) electrons. The summed E-state index contributed by atoms with van der Waals surface area (Å²) in [5.74, 6) is -0.249. The van der Waals surface area contributed by atoms with E-state index in [9.17, 15) is 9.50 Å². The number of aromatic amines is 1. The van der Waals surface area contributed by atoms with Gasteiger partial charge in [0, 0.05) is 5.57 Å². The molecule has 0 saturated carbocycles. The maximum absolute atomic E-state index is 13.5. The fourth-order valence-electron chi connectivity index (χ4n) is 4.79. The number of aromatic nitrogens is 2. The molecular formula is C25H27FN2O. The van der Waals surface area contributed by atoms with E-state index in [0.29, 0.717) is 6.42 Å². The lowest BCUT2D eigenvalue weighted by atomic mass is 9.66. The Morgan fingerprint density at radius 2 is 1.76 bits per heavy atom. The third-order valence-corrected chi connectivity index (χ3v) is 6.48. The second kappa shape index (κ2) is 7.27. The van der Waals surface area contributed by atoms with Crippen molar-refractivity contribution in [2.75, 3.05) is 0 Å². The molecule has 1 aromatic heterocycles. The van der Waals surface area contributed by atoms with Crippen LogP contribution in [-0.4, -0.2) is 15.3 Å². The molecule has 0 bridgehead atoms. The Kier molecular flexibility index (Phi) is 4.91. The number of aliphatic hydroxyl groups is 1. The number of fused-ring (bicyclic) bond motifs is 1. The second-order valence-corrected chi connectivity index (χ2v) is 8.54. The first-order valence-electron chi connectivity index (χ1n) is 10.0. The molecule has 2 N–H and O–H groups in total. The Balaban J connectivity index is 1.78. The van der Waals surface area contributed by atoms with Crippen LogP contribution < -0.4 is 0 Å². The summed E-state index contributed by atoms with van der Waals surface area (Å²) in [6.07, 6.45) is 2.73. The molecule has 0 saturated heterocycles. The van der Waals surface area contributed by atoms with Gasteiger partial charge in [-0.2, -0.15) is 5.10 Å². The molecule has 1 aliphatic rings. The van der Waals surface area contributed by atoms with Gasteiger partial charge >= 0.3 is 0 Å². The van der Waals surface area contributed by atoms with Gasteiger partial charge in [-0.05, 0) is 79.0 Å². The predicted octanol–water partition coefficient (Wildman–Crippen LogP) is 5.67. The number of hydrogen-bond donors (Lipinski definition) is 2. The van der Waals surface area contributed by atoms with Crippen LogP contribution >= 0.6 is 0 Å². The van der Waals surface area contributed by atoms with E-state index in [-0.39, 0.29) is 11.2 Å². The maximum atomic E-state index is 13.5. The molecule has 2 unspecified atom stereocenters. The fourth-order valence-corrected chi connectivity index (χ4v) is 4.79. The van der Waals surface area contributed by atoms with Gasteiger partial charge in [-0.1, -0.05) is 42.8 Å². The van der Waals surface area contributed by atoms with Crippen LogP contribution in [0.4, 0.5) is 4.39 Å². The van der Waals surface area contributed by atoms with Gasteiger partial charge in [-0.3, -0.25) is 5.10 Å². The highest BCUT2D eigenvalue weighted by Gasteiger charge is 2.38. The molecule has 3 aromatic rings. The van der Waals surface area contributed by atoms with Gasteiger partial charge in [0.15, 0.2) is 0 Å². The van der Waals surface area contributed by atoms with Gasteiger partial charge < -0.3 is 5.11 Å². The van der Waals surface area contributed by atoms with E-state index in [1.54, 1.807) is 0 Å². The molecule has 0 spiro atoms. The first-order chi connectivity index (χ1) is 13.8. The van der Waals surface area contributed by atoms with E-state index in [1.807, 2.05) is 24.4 Å². The number of rotatable bonds is 4. The van der Waals surface area contributed by atoms with Gasteiger partial charge in [0.05, 0.1) is 18.0 Å². The van der Waals surface area contributed by atoms with Crippen molar-refractivity contribution in [1.82, 2.24) is 10.2 Å². The predicted molar refractivity (Wildman–Crippen MR) is 114 cm³/mol. The molecule has 29 heavy (non-hydrogen) atoms. The number of nitrogens with one attached hydrogen (secondary N) is 1. The monoisotopic (exact) mass is 390 g/mol. The third kappa shape index (κ3) is 3.42. The van der Waals surface area contributed by atoms with Crippen molar-refractivity contribution in [2.45, 2.75) is 46.6 Å². The molecule has 2 aromatic carbocycles. The quantitative estimate of drug-likeness (QED) is 0.603. The lowest BCUT2D eigenvalue weighted by molar-refractivity contribution is 0.120. The van der Waals surface area contributed by atoms with Crippen LogP contribution in [0.3, 0.4) is 0 Å². The zero-order valence-corrected chi connectivity index (χ0v) is 17.4. The SMILES string of the molecule is CC1=C(c2ccc(F)cc2)c2[nH]ncc2CC1(C)CC(O)c1c(C)cccc1C. The van der Waals surface area contributed by atoms with Crippen LogP contribution in [0.25, 0.3) is 5.57 Å². The van der Waals surface area contributed by atoms with Crippen molar-refractivity contribution in [3.05, 3.63) is 93.6 Å². The molecule has 150 valence electrons. The van der Waals surface area contributed by atoms with Crippen LogP contribution in [0.1, 0.15) is 59.9 Å². The molecular weight excluding hydrogens is 363 g/mol. The van der Waals surface area contributed by atoms with Crippen LogP contribution in [0.5, 0.6) is 0 Å². The number of benzene rings is 2. The van der Waals surface area contributed by atoms with Gasteiger partial charge in [0.2, 0.25) is 0 Å². The molecule has 1 heterocycles. The zero-order valence-electron chi connectivity index (χ0n) is 17.4. The second-order valence-electron chi connectivity index (χ2n) is 8.54. The number of allylic oxidation sites excluding steroid dienone is 1. The molecule has 0 amide bonds. The lowest BCUT2D eigenvalue weighted by Crippen LogP contribution is -2.29. The third-order valence-electron chi connectivity index (χ3n) is 6.48. The smallest absolute Gasteiger partial charge is 0.123 e. The molecule has 2 atom stereocenters. The normalized spacial score (nSPS) is 19.9. The summed E-state index contributed by atoms with van der Waals surface area (Å²) in [5.41, 5.74) is 8.33. The fraction of sp³-hybridized carbons (Fsp3) is 0.320. The largest absolute Gasteiger partial charge is 0.388 e. The van der Waals surface area contributed by atoms with Crippen LogP contribution in [0.15, 0.2) is 54.2 Å². The van der Waals surface area contributed by atoms with Crippen molar-refractivity contribution >= 4 is 5.57 Å². The van der Waals surface area contributed by atoms with E-state index < -0.39 is 6.10 Å². The summed E-state index contributed by atoms with van der Waals surface area (Å²) >= 11 is 0. The Hall–Kier alpha value is -2.72. The molecule has 0 aliphatic heterocycles. The number of aryl methyl sites for hydroxylation is 2. The van der Waals surface area contributed by atoms with Crippen molar-refractivity contribution < 1.29 is 9.50 Å². The highest BCUT2D eigenvalue weighted by molar-refractivity contribution is 5.83. The number of aliphatic hydroxyl groups excluding tert-OH is 1. The Morgan fingerprint density at radius 3 is 2.41 bits per heavy atom. The van der Waals surface area contributed by atoms with E-state index in [4.69, 9.17) is 0 Å². The summed E-state index contributed by atoms with van der Waals surface area (Å²) in [7, 11) is 0. The van der Waals surface area contributed by atoms with Crippen molar-refractivity contribution in [2.24, 2.45) is 5.41 Å². The Labute approximate surface area is 171 Å². The van der Waals surface area contributed by atoms with Gasteiger partial charge in [-0.15, -0.1) is 0 Å². The van der Waals surface area contributed by atoms with E-state index in [1.165, 1.54) is 17.7 Å². The highest BCUT2D eigenvalue weighted by atomic mass is 19.1. The lowest BCUT2D eigenvalue weighted by Gasteiger charge is -2.38. The first-order valence-corrected chi connectivity index (χ1v) is 10.0. The van der Waals surface area contributed by atoms with E-state index in [2.05, 4.69) is 50.0 Å². The minimum absolute atomic E-state index is 0.241. The number of H-pyrrole nitrogens is 1. The number of halogens is 1. The zero-order chi connectivity index (χ0) is 20.8. The maximum Gasteiger partial charge on any atom is 0.123 e. The average molecular weight is 391 g/mol. The summed E-state index contributed by atoms with van der Waals surface area (Å²) in [6.45, 7) is 8.43. The van der Waals surface area contributed by atoms with Gasteiger partial charge in [0.25, 0.3) is 0 Å². The summed E-state index contributed by atoms with van der Waals surface area (Å²) < 4.78 is 13.5. The van der Waals surface area contributed by atoms with Gasteiger partial charge in [0.1, 0.15) is 5.82 Å². The Morgan fingerprint density at radius 1 is 1.10 bits per heavy atom. The molecule has 3 nitrogen and oxygen atoms in total. The Bertz CT molecular complexity index is 1060. The van der Waals surface area contributed by atoms with Crippen molar-refractivity contribution in [3.63, 3.8) is 0 Å². The highest BCUT2D eigenvalue weighted by Crippen LogP contribution is 2.49. The van der Waals surface area contributed by atoms with Crippen LogP contribution in [0.2, 0.25) is 0 Å². The van der Waals surface area contributed by atoms with E-state index >= 15 is 0 Å². The van der Waals surface area contributed by atoms with Crippen molar-refractivity contribution in [3.8, 4) is 0 Å². The van der Waals surface area contributed by atoms with Crippen molar-refractivity contribution in [1.29, 1.82) is 0 Å². The average Bonchev–Trinajstić information content (AvgIpc) is 3.11.